The Morgan fingerprint density at radius 2 is 1.56 bits per heavy atom. The molecule has 1 aliphatic rings. The third-order valence-corrected chi connectivity index (χ3v) is 6.23. The Morgan fingerprint density at radius 1 is 1.00 bits per heavy atom. The molecule has 1 aliphatic carbocycles. The van der Waals surface area contributed by atoms with E-state index in [1.165, 1.54) is 0 Å². The van der Waals surface area contributed by atoms with E-state index in [9.17, 15) is 14.7 Å². The molecule has 0 bridgehead atoms. The van der Waals surface area contributed by atoms with Gasteiger partial charge in [-0.25, -0.2) is 4.79 Å². The number of rotatable bonds is 10. The summed E-state index contributed by atoms with van der Waals surface area (Å²) in [6.07, 6.45) is 2.96. The average Bonchev–Trinajstić information content (AvgIpc) is 2.84. The lowest BCUT2D eigenvalue weighted by atomic mass is 9.70. The Labute approximate surface area is 189 Å². The summed E-state index contributed by atoms with van der Waals surface area (Å²) in [6.45, 7) is 2.35. The molecule has 1 fully saturated rings. The van der Waals surface area contributed by atoms with Crippen molar-refractivity contribution >= 4 is 11.9 Å². The van der Waals surface area contributed by atoms with Crippen molar-refractivity contribution < 1.29 is 24.2 Å². The maximum atomic E-state index is 13.1. The van der Waals surface area contributed by atoms with Gasteiger partial charge in [-0.05, 0) is 42.7 Å². The summed E-state index contributed by atoms with van der Waals surface area (Å²) in [7, 11) is 0. The number of benzene rings is 2. The predicted molar refractivity (Wildman–Crippen MR) is 121 cm³/mol. The maximum Gasteiger partial charge on any atom is 0.331 e. The standard InChI is InChI=1S/C26H33NO5/c1-20-12-14-26(19-28,15-13-20)25(30)27-23(18-31-16-21-8-4-2-5-9-21)24(29)32-17-22-10-6-3-7-11-22/h2-11,20,23,28H,12-19H2,1H3,(H,27,30). The molecule has 1 amide bonds. The zero-order valence-corrected chi connectivity index (χ0v) is 18.7. The molecule has 6 heteroatoms. The van der Waals surface area contributed by atoms with Gasteiger partial charge < -0.3 is 19.9 Å². The SMILES string of the molecule is CC1CCC(CO)(C(=O)NC(COCc2ccccc2)C(=O)OCc2ccccc2)CC1. The zero-order chi connectivity index (χ0) is 22.8. The Hall–Kier alpha value is -2.70. The monoisotopic (exact) mass is 439 g/mol. The van der Waals surface area contributed by atoms with Crippen molar-refractivity contribution in [3.05, 3.63) is 71.8 Å². The Balaban J connectivity index is 1.64. The summed E-state index contributed by atoms with van der Waals surface area (Å²) in [5, 5.41) is 12.8. The molecule has 2 aromatic carbocycles. The van der Waals surface area contributed by atoms with E-state index in [1.807, 2.05) is 60.7 Å². The molecule has 0 radical (unpaired) electrons. The van der Waals surface area contributed by atoms with Gasteiger partial charge in [0, 0.05) is 0 Å². The molecule has 1 unspecified atom stereocenters. The third kappa shape index (κ3) is 6.65. The number of carbonyl (C=O) groups excluding carboxylic acids is 2. The highest BCUT2D eigenvalue weighted by atomic mass is 16.5. The van der Waals surface area contributed by atoms with Crippen LogP contribution in [0, 0.1) is 11.3 Å². The number of ether oxygens (including phenoxy) is 2. The second kappa shape index (κ2) is 11.8. The summed E-state index contributed by atoms with van der Waals surface area (Å²) in [5.41, 5.74) is 0.983. The van der Waals surface area contributed by atoms with Crippen molar-refractivity contribution in [3.63, 3.8) is 0 Å². The molecule has 0 aromatic heterocycles. The minimum absolute atomic E-state index is 0.00777. The van der Waals surface area contributed by atoms with E-state index in [2.05, 4.69) is 12.2 Å². The quantitative estimate of drug-likeness (QED) is 0.553. The fourth-order valence-corrected chi connectivity index (χ4v) is 3.95. The van der Waals surface area contributed by atoms with Crippen LogP contribution in [0.2, 0.25) is 0 Å². The second-order valence-corrected chi connectivity index (χ2v) is 8.74. The lowest BCUT2D eigenvalue weighted by Gasteiger charge is -2.37. The van der Waals surface area contributed by atoms with Gasteiger partial charge in [-0.3, -0.25) is 4.79 Å². The largest absolute Gasteiger partial charge is 0.459 e. The van der Waals surface area contributed by atoms with E-state index >= 15 is 0 Å². The molecule has 2 aromatic rings. The fourth-order valence-electron chi connectivity index (χ4n) is 3.95. The minimum Gasteiger partial charge on any atom is -0.459 e. The predicted octanol–water partition coefficient (Wildman–Crippen LogP) is 3.62. The molecule has 0 saturated heterocycles. The van der Waals surface area contributed by atoms with Crippen molar-refractivity contribution in [1.29, 1.82) is 0 Å². The van der Waals surface area contributed by atoms with Gasteiger partial charge in [0.25, 0.3) is 0 Å². The van der Waals surface area contributed by atoms with Crippen LogP contribution in [0.15, 0.2) is 60.7 Å². The molecular formula is C26H33NO5. The maximum absolute atomic E-state index is 13.1. The van der Waals surface area contributed by atoms with Crippen LogP contribution in [0.5, 0.6) is 0 Å². The normalized spacial score (nSPS) is 21.5. The molecule has 0 aliphatic heterocycles. The summed E-state index contributed by atoms with van der Waals surface area (Å²) in [4.78, 5) is 26.0. The van der Waals surface area contributed by atoms with Gasteiger partial charge in [0.1, 0.15) is 6.61 Å². The number of amides is 1. The zero-order valence-electron chi connectivity index (χ0n) is 18.7. The summed E-state index contributed by atoms with van der Waals surface area (Å²) in [6, 6.07) is 18.1. The Morgan fingerprint density at radius 3 is 2.12 bits per heavy atom. The fraction of sp³-hybridized carbons (Fsp3) is 0.462. The first-order valence-corrected chi connectivity index (χ1v) is 11.3. The first-order chi connectivity index (χ1) is 15.5. The van der Waals surface area contributed by atoms with E-state index in [-0.39, 0.29) is 25.7 Å². The van der Waals surface area contributed by atoms with Gasteiger partial charge in [-0.1, -0.05) is 67.6 Å². The number of hydrogen-bond acceptors (Lipinski definition) is 5. The van der Waals surface area contributed by atoms with Crippen molar-refractivity contribution in [3.8, 4) is 0 Å². The van der Waals surface area contributed by atoms with E-state index in [0.717, 1.165) is 24.0 Å². The van der Waals surface area contributed by atoms with E-state index in [1.54, 1.807) is 0 Å². The smallest absolute Gasteiger partial charge is 0.331 e. The van der Waals surface area contributed by atoms with Crippen molar-refractivity contribution in [2.75, 3.05) is 13.2 Å². The lowest BCUT2D eigenvalue weighted by molar-refractivity contribution is -0.153. The molecule has 0 spiro atoms. The molecule has 1 saturated carbocycles. The van der Waals surface area contributed by atoms with Crippen molar-refractivity contribution in [2.24, 2.45) is 11.3 Å². The number of hydrogen-bond donors (Lipinski definition) is 2. The highest BCUT2D eigenvalue weighted by Crippen LogP contribution is 2.38. The van der Waals surface area contributed by atoms with Gasteiger partial charge in [-0.15, -0.1) is 0 Å². The molecule has 172 valence electrons. The lowest BCUT2D eigenvalue weighted by Crippen LogP contribution is -2.53. The molecule has 1 atom stereocenters. The van der Waals surface area contributed by atoms with Gasteiger partial charge in [0.2, 0.25) is 5.91 Å². The van der Waals surface area contributed by atoms with E-state index in [0.29, 0.717) is 25.4 Å². The first-order valence-electron chi connectivity index (χ1n) is 11.3. The van der Waals surface area contributed by atoms with Gasteiger partial charge in [-0.2, -0.15) is 0 Å². The molecule has 3 rings (SSSR count). The number of aliphatic hydroxyl groups is 1. The first kappa shape index (κ1) is 24.0. The number of aliphatic hydroxyl groups excluding tert-OH is 1. The third-order valence-electron chi connectivity index (χ3n) is 6.23. The van der Waals surface area contributed by atoms with Gasteiger partial charge in [0.05, 0.1) is 25.2 Å². The van der Waals surface area contributed by atoms with Crippen LogP contribution in [0.4, 0.5) is 0 Å². The molecule has 0 heterocycles. The van der Waals surface area contributed by atoms with Crippen LogP contribution in [-0.4, -0.2) is 36.2 Å². The van der Waals surface area contributed by atoms with Crippen LogP contribution in [0.25, 0.3) is 0 Å². The highest BCUT2D eigenvalue weighted by molar-refractivity contribution is 5.88. The number of nitrogens with one attached hydrogen (secondary N) is 1. The molecular weight excluding hydrogens is 406 g/mol. The number of esters is 1. The van der Waals surface area contributed by atoms with Crippen LogP contribution in [0.3, 0.4) is 0 Å². The minimum atomic E-state index is -0.947. The molecule has 32 heavy (non-hydrogen) atoms. The Bertz CT molecular complexity index is 847. The topological polar surface area (TPSA) is 84.9 Å². The number of carbonyl (C=O) groups is 2. The van der Waals surface area contributed by atoms with Crippen LogP contribution in [0.1, 0.15) is 43.7 Å². The highest BCUT2D eigenvalue weighted by Gasteiger charge is 2.42. The van der Waals surface area contributed by atoms with Crippen molar-refractivity contribution in [2.45, 2.75) is 51.9 Å². The summed E-state index contributed by atoms with van der Waals surface area (Å²) < 4.78 is 11.2. The van der Waals surface area contributed by atoms with E-state index in [4.69, 9.17) is 9.47 Å². The van der Waals surface area contributed by atoms with Crippen molar-refractivity contribution in [1.82, 2.24) is 5.32 Å². The van der Waals surface area contributed by atoms with Crippen LogP contribution < -0.4 is 5.32 Å². The van der Waals surface area contributed by atoms with E-state index < -0.39 is 17.4 Å². The second-order valence-electron chi connectivity index (χ2n) is 8.74. The summed E-state index contributed by atoms with van der Waals surface area (Å²) in [5.74, 6) is -0.326. The molecule has 6 nitrogen and oxygen atoms in total. The van der Waals surface area contributed by atoms with Crippen LogP contribution >= 0.6 is 0 Å². The Kier molecular flexibility index (Phi) is 8.82. The average molecular weight is 440 g/mol. The summed E-state index contributed by atoms with van der Waals surface area (Å²) >= 11 is 0. The molecule has 2 N–H and O–H groups in total. The van der Waals surface area contributed by atoms with Crippen LogP contribution in [-0.2, 0) is 32.3 Å². The van der Waals surface area contributed by atoms with Gasteiger partial charge >= 0.3 is 5.97 Å². The van der Waals surface area contributed by atoms with Gasteiger partial charge in [0.15, 0.2) is 6.04 Å².